The molecule has 0 radical (unpaired) electrons. The molecule has 0 heterocycles. The standard InChI is InChI=1S/C17H17FN2O3/c1-12(13-6-8-15(22-2)9-7-13)19-20-17(21)11-23-16-5-3-4-14(18)10-16/h3-10H,11H2,1-2H3,(H,20,21)/b19-12-. The highest BCUT2D eigenvalue weighted by Crippen LogP contribution is 2.12. The molecule has 0 atom stereocenters. The predicted octanol–water partition coefficient (Wildman–Crippen LogP) is 2.75. The van der Waals surface area contributed by atoms with Crippen LogP contribution in [-0.2, 0) is 4.79 Å². The van der Waals surface area contributed by atoms with Gasteiger partial charge in [0.1, 0.15) is 17.3 Å². The first kappa shape index (κ1) is 16.5. The van der Waals surface area contributed by atoms with E-state index in [0.717, 1.165) is 11.3 Å². The van der Waals surface area contributed by atoms with Crippen LogP contribution in [0.15, 0.2) is 53.6 Å². The van der Waals surface area contributed by atoms with E-state index in [2.05, 4.69) is 10.5 Å². The number of benzene rings is 2. The molecule has 2 aromatic carbocycles. The maximum Gasteiger partial charge on any atom is 0.277 e. The SMILES string of the molecule is COc1ccc(/C(C)=N\NC(=O)COc2cccc(F)c2)cc1. The molecule has 0 aliphatic rings. The van der Waals surface area contributed by atoms with E-state index in [1.165, 1.54) is 18.2 Å². The lowest BCUT2D eigenvalue weighted by atomic mass is 10.1. The van der Waals surface area contributed by atoms with Crippen molar-refractivity contribution in [2.45, 2.75) is 6.92 Å². The van der Waals surface area contributed by atoms with Crippen LogP contribution in [0.4, 0.5) is 4.39 Å². The summed E-state index contributed by atoms with van der Waals surface area (Å²) in [5.74, 6) is 0.184. The van der Waals surface area contributed by atoms with Gasteiger partial charge in [-0.25, -0.2) is 9.82 Å². The third-order valence-electron chi connectivity index (χ3n) is 3.02. The number of ether oxygens (including phenoxy) is 2. The predicted molar refractivity (Wildman–Crippen MR) is 85.2 cm³/mol. The zero-order valence-electron chi connectivity index (χ0n) is 12.9. The van der Waals surface area contributed by atoms with Gasteiger partial charge < -0.3 is 9.47 Å². The summed E-state index contributed by atoms with van der Waals surface area (Å²) in [4.78, 5) is 11.7. The van der Waals surface area contributed by atoms with Gasteiger partial charge in [0.2, 0.25) is 0 Å². The summed E-state index contributed by atoms with van der Waals surface area (Å²) in [5, 5.41) is 4.00. The molecule has 2 aromatic rings. The summed E-state index contributed by atoms with van der Waals surface area (Å²) >= 11 is 0. The highest BCUT2D eigenvalue weighted by atomic mass is 19.1. The Bertz CT molecular complexity index is 699. The molecule has 1 N–H and O–H groups in total. The van der Waals surface area contributed by atoms with Gasteiger partial charge in [0.05, 0.1) is 12.8 Å². The van der Waals surface area contributed by atoms with E-state index in [1.54, 1.807) is 20.1 Å². The van der Waals surface area contributed by atoms with Crippen LogP contribution in [0.25, 0.3) is 0 Å². The lowest BCUT2D eigenvalue weighted by Crippen LogP contribution is -2.25. The Labute approximate surface area is 133 Å². The quantitative estimate of drug-likeness (QED) is 0.658. The summed E-state index contributed by atoms with van der Waals surface area (Å²) in [6, 6.07) is 12.9. The van der Waals surface area contributed by atoms with E-state index in [4.69, 9.17) is 9.47 Å². The number of rotatable bonds is 6. The van der Waals surface area contributed by atoms with E-state index in [0.29, 0.717) is 5.71 Å². The summed E-state index contributed by atoms with van der Waals surface area (Å²) in [7, 11) is 1.59. The number of nitrogens with zero attached hydrogens (tertiary/aromatic N) is 1. The number of methoxy groups -OCH3 is 1. The minimum absolute atomic E-state index is 0.247. The van der Waals surface area contributed by atoms with E-state index in [-0.39, 0.29) is 12.4 Å². The summed E-state index contributed by atoms with van der Waals surface area (Å²) in [6.07, 6.45) is 0. The van der Waals surface area contributed by atoms with Gasteiger partial charge in [0.15, 0.2) is 6.61 Å². The maximum atomic E-state index is 13.0. The molecule has 120 valence electrons. The Morgan fingerprint density at radius 3 is 2.57 bits per heavy atom. The average Bonchev–Trinajstić information content (AvgIpc) is 2.58. The minimum Gasteiger partial charge on any atom is -0.497 e. The molecule has 0 saturated carbocycles. The van der Waals surface area contributed by atoms with Crippen LogP contribution in [0.1, 0.15) is 12.5 Å². The van der Waals surface area contributed by atoms with Crippen molar-refractivity contribution >= 4 is 11.6 Å². The highest BCUT2D eigenvalue weighted by molar-refractivity contribution is 5.99. The second-order valence-electron chi connectivity index (χ2n) is 4.71. The Kier molecular flexibility index (Phi) is 5.68. The van der Waals surface area contributed by atoms with Crippen molar-refractivity contribution in [3.63, 3.8) is 0 Å². The zero-order chi connectivity index (χ0) is 16.7. The van der Waals surface area contributed by atoms with Gasteiger partial charge in [-0.05, 0) is 48.9 Å². The fraction of sp³-hybridized carbons (Fsp3) is 0.176. The number of hydrogen-bond donors (Lipinski definition) is 1. The average molecular weight is 316 g/mol. The van der Waals surface area contributed by atoms with Gasteiger partial charge in [-0.3, -0.25) is 4.79 Å². The molecule has 0 saturated heterocycles. The molecule has 0 fully saturated rings. The first-order chi connectivity index (χ1) is 11.1. The molecule has 0 aliphatic heterocycles. The lowest BCUT2D eigenvalue weighted by molar-refractivity contribution is -0.123. The van der Waals surface area contributed by atoms with Crippen LogP contribution in [0.5, 0.6) is 11.5 Å². The van der Waals surface area contributed by atoms with E-state index < -0.39 is 11.7 Å². The molecule has 0 unspecified atom stereocenters. The first-order valence-corrected chi connectivity index (χ1v) is 6.94. The Balaban J connectivity index is 1.86. The summed E-state index contributed by atoms with van der Waals surface area (Å²) in [6.45, 7) is 1.53. The van der Waals surface area contributed by atoms with Crippen LogP contribution in [0.2, 0.25) is 0 Å². The van der Waals surface area contributed by atoms with Crippen molar-refractivity contribution in [2.75, 3.05) is 13.7 Å². The summed E-state index contributed by atoms with van der Waals surface area (Å²) in [5.41, 5.74) is 3.90. The van der Waals surface area contributed by atoms with Crippen LogP contribution < -0.4 is 14.9 Å². The fourth-order valence-corrected chi connectivity index (χ4v) is 1.78. The minimum atomic E-state index is -0.429. The van der Waals surface area contributed by atoms with Crippen molar-refractivity contribution < 1.29 is 18.7 Å². The molecule has 1 amide bonds. The molecule has 2 rings (SSSR count). The third kappa shape index (κ3) is 5.10. The first-order valence-electron chi connectivity index (χ1n) is 6.94. The van der Waals surface area contributed by atoms with Gasteiger partial charge >= 0.3 is 0 Å². The van der Waals surface area contributed by atoms with Gasteiger partial charge in [0, 0.05) is 6.07 Å². The number of hydrogen-bond acceptors (Lipinski definition) is 4. The van der Waals surface area contributed by atoms with Crippen molar-refractivity contribution in [3.8, 4) is 11.5 Å². The summed E-state index contributed by atoms with van der Waals surface area (Å²) < 4.78 is 23.2. The van der Waals surface area contributed by atoms with Gasteiger partial charge in [-0.1, -0.05) is 6.07 Å². The molecule has 23 heavy (non-hydrogen) atoms. The van der Waals surface area contributed by atoms with E-state index >= 15 is 0 Å². The number of amides is 1. The highest BCUT2D eigenvalue weighted by Gasteiger charge is 2.04. The maximum absolute atomic E-state index is 13.0. The van der Waals surface area contributed by atoms with E-state index in [1.807, 2.05) is 24.3 Å². The van der Waals surface area contributed by atoms with Crippen LogP contribution in [-0.4, -0.2) is 25.3 Å². The topological polar surface area (TPSA) is 59.9 Å². The second-order valence-corrected chi connectivity index (χ2v) is 4.71. The monoisotopic (exact) mass is 316 g/mol. The smallest absolute Gasteiger partial charge is 0.277 e. The zero-order valence-corrected chi connectivity index (χ0v) is 12.9. The van der Waals surface area contributed by atoms with Gasteiger partial charge in [-0.2, -0.15) is 5.10 Å². The van der Waals surface area contributed by atoms with E-state index in [9.17, 15) is 9.18 Å². The molecule has 6 heteroatoms. The van der Waals surface area contributed by atoms with Gasteiger partial charge in [0.25, 0.3) is 5.91 Å². The fourth-order valence-electron chi connectivity index (χ4n) is 1.78. The van der Waals surface area contributed by atoms with Crippen molar-refractivity contribution in [3.05, 3.63) is 59.9 Å². The molecule has 0 spiro atoms. The van der Waals surface area contributed by atoms with Crippen molar-refractivity contribution in [1.29, 1.82) is 0 Å². The molecule has 0 aromatic heterocycles. The molecule has 0 bridgehead atoms. The van der Waals surface area contributed by atoms with Crippen molar-refractivity contribution in [2.24, 2.45) is 5.10 Å². The second kappa shape index (κ2) is 7.93. The molecular weight excluding hydrogens is 299 g/mol. The molecule has 5 nitrogen and oxygen atoms in total. The number of hydrazone groups is 1. The third-order valence-corrected chi connectivity index (χ3v) is 3.02. The number of nitrogens with one attached hydrogen (secondary N) is 1. The van der Waals surface area contributed by atoms with Crippen LogP contribution in [0, 0.1) is 5.82 Å². The largest absolute Gasteiger partial charge is 0.497 e. The number of carbonyl (C=O) groups excluding carboxylic acids is 1. The van der Waals surface area contributed by atoms with Crippen LogP contribution >= 0.6 is 0 Å². The van der Waals surface area contributed by atoms with Crippen LogP contribution in [0.3, 0.4) is 0 Å². The normalized spacial score (nSPS) is 11.0. The molecular formula is C17H17FN2O3. The molecule has 0 aliphatic carbocycles. The lowest BCUT2D eigenvalue weighted by Gasteiger charge is -2.06. The Morgan fingerprint density at radius 1 is 1.17 bits per heavy atom. The van der Waals surface area contributed by atoms with Crippen molar-refractivity contribution in [1.82, 2.24) is 5.43 Å². The Morgan fingerprint density at radius 2 is 1.91 bits per heavy atom. The van der Waals surface area contributed by atoms with Gasteiger partial charge in [-0.15, -0.1) is 0 Å². The number of carbonyl (C=O) groups is 1. The Hall–Kier alpha value is -2.89. The number of halogens is 1.